The van der Waals surface area contributed by atoms with Crippen LogP contribution >= 0.6 is 0 Å². The Morgan fingerprint density at radius 2 is 1.50 bits per heavy atom. The second-order valence-electron chi connectivity index (χ2n) is 6.04. The number of carbonyl (C=O) groups excluding carboxylic acids is 2. The lowest BCUT2D eigenvalue weighted by atomic mass is 10.3. The van der Waals surface area contributed by atoms with Crippen molar-refractivity contribution in [3.63, 3.8) is 0 Å². The van der Waals surface area contributed by atoms with E-state index in [9.17, 15) is 9.59 Å². The summed E-state index contributed by atoms with van der Waals surface area (Å²) < 4.78 is 11.1. The van der Waals surface area contributed by atoms with Gasteiger partial charge in [-0.2, -0.15) is 0 Å². The SMILES string of the molecule is O=C(COc1ccc(Oc2ccccc2)cc1)NCC(=O)N1CCCC1. The van der Waals surface area contributed by atoms with Gasteiger partial charge >= 0.3 is 0 Å². The minimum atomic E-state index is -0.317. The molecule has 6 nitrogen and oxygen atoms in total. The number of nitrogens with zero attached hydrogens (tertiary/aromatic N) is 1. The summed E-state index contributed by atoms with van der Waals surface area (Å²) in [4.78, 5) is 25.5. The van der Waals surface area contributed by atoms with Crippen LogP contribution in [0.2, 0.25) is 0 Å². The van der Waals surface area contributed by atoms with E-state index in [-0.39, 0.29) is 25.0 Å². The smallest absolute Gasteiger partial charge is 0.258 e. The second kappa shape index (κ2) is 8.89. The van der Waals surface area contributed by atoms with Crippen LogP contribution in [-0.2, 0) is 9.59 Å². The van der Waals surface area contributed by atoms with Crippen LogP contribution in [0.3, 0.4) is 0 Å². The zero-order valence-electron chi connectivity index (χ0n) is 14.5. The van der Waals surface area contributed by atoms with Crippen LogP contribution in [0.5, 0.6) is 17.2 Å². The fourth-order valence-corrected chi connectivity index (χ4v) is 2.68. The van der Waals surface area contributed by atoms with E-state index in [1.807, 2.05) is 30.3 Å². The number of amides is 2. The number of hydrogen-bond donors (Lipinski definition) is 1. The van der Waals surface area contributed by atoms with Gasteiger partial charge in [-0.15, -0.1) is 0 Å². The minimum absolute atomic E-state index is 0.0199. The number of likely N-dealkylation sites (tertiary alicyclic amines) is 1. The number of ether oxygens (including phenoxy) is 2. The zero-order valence-corrected chi connectivity index (χ0v) is 14.5. The number of benzene rings is 2. The molecule has 0 aromatic heterocycles. The Bertz CT molecular complexity index is 725. The fraction of sp³-hybridized carbons (Fsp3) is 0.300. The molecule has 2 aromatic carbocycles. The Morgan fingerprint density at radius 1 is 0.885 bits per heavy atom. The van der Waals surface area contributed by atoms with Crippen LogP contribution in [-0.4, -0.2) is 43.0 Å². The summed E-state index contributed by atoms with van der Waals surface area (Å²) >= 11 is 0. The molecule has 2 amide bonds. The van der Waals surface area contributed by atoms with Gasteiger partial charge in [-0.3, -0.25) is 9.59 Å². The molecule has 1 heterocycles. The van der Waals surface area contributed by atoms with Crippen LogP contribution in [0.25, 0.3) is 0 Å². The maximum atomic E-state index is 11.9. The van der Waals surface area contributed by atoms with Gasteiger partial charge in [-0.05, 0) is 49.2 Å². The van der Waals surface area contributed by atoms with Crippen molar-refractivity contribution in [2.75, 3.05) is 26.2 Å². The Morgan fingerprint density at radius 3 is 2.19 bits per heavy atom. The summed E-state index contributed by atoms with van der Waals surface area (Å²) in [6, 6.07) is 16.5. The molecule has 1 saturated heterocycles. The molecule has 26 heavy (non-hydrogen) atoms. The molecule has 0 radical (unpaired) electrons. The van der Waals surface area contributed by atoms with Gasteiger partial charge in [0.2, 0.25) is 5.91 Å². The zero-order chi connectivity index (χ0) is 18.2. The van der Waals surface area contributed by atoms with Crippen LogP contribution in [0.15, 0.2) is 54.6 Å². The highest BCUT2D eigenvalue weighted by molar-refractivity contribution is 5.85. The van der Waals surface area contributed by atoms with Gasteiger partial charge < -0.3 is 19.7 Å². The molecule has 0 unspecified atom stereocenters. The molecule has 1 aliphatic rings. The molecule has 0 spiro atoms. The molecule has 0 saturated carbocycles. The quantitative estimate of drug-likeness (QED) is 0.830. The number of carbonyl (C=O) groups is 2. The Labute approximate surface area is 152 Å². The topological polar surface area (TPSA) is 67.9 Å². The second-order valence-corrected chi connectivity index (χ2v) is 6.04. The Hall–Kier alpha value is -3.02. The predicted molar refractivity (Wildman–Crippen MR) is 97.3 cm³/mol. The molecular weight excluding hydrogens is 332 g/mol. The number of para-hydroxylation sites is 1. The van der Waals surface area contributed by atoms with Crippen molar-refractivity contribution in [1.29, 1.82) is 0 Å². The van der Waals surface area contributed by atoms with Crippen LogP contribution in [0.4, 0.5) is 0 Å². The summed E-state index contributed by atoms with van der Waals surface area (Å²) in [5.74, 6) is 1.64. The first kappa shape index (κ1) is 17.8. The molecule has 1 N–H and O–H groups in total. The number of rotatable bonds is 7. The molecule has 0 aliphatic carbocycles. The average molecular weight is 354 g/mol. The van der Waals surface area contributed by atoms with Crippen molar-refractivity contribution in [3.8, 4) is 17.2 Å². The normalized spacial score (nSPS) is 13.3. The molecule has 136 valence electrons. The van der Waals surface area contributed by atoms with E-state index in [1.165, 1.54) is 0 Å². The Balaban J connectivity index is 1.40. The van der Waals surface area contributed by atoms with Crippen LogP contribution < -0.4 is 14.8 Å². The molecule has 1 fully saturated rings. The van der Waals surface area contributed by atoms with Crippen molar-refractivity contribution < 1.29 is 19.1 Å². The Kier molecular flexibility index (Phi) is 6.09. The monoisotopic (exact) mass is 354 g/mol. The third kappa shape index (κ3) is 5.24. The molecule has 6 heteroatoms. The van der Waals surface area contributed by atoms with Crippen molar-refractivity contribution in [2.45, 2.75) is 12.8 Å². The first-order valence-corrected chi connectivity index (χ1v) is 8.71. The van der Waals surface area contributed by atoms with Gasteiger partial charge in [-0.1, -0.05) is 18.2 Å². The standard InChI is InChI=1S/C20H22N2O4/c23-19(21-14-20(24)22-12-4-5-13-22)15-25-16-8-10-18(11-9-16)26-17-6-2-1-3-7-17/h1-3,6-11H,4-5,12-15H2,(H,21,23). The summed E-state index contributed by atoms with van der Waals surface area (Å²) in [5, 5.41) is 2.59. The molecule has 3 rings (SSSR count). The van der Waals surface area contributed by atoms with Gasteiger partial charge in [0, 0.05) is 13.1 Å². The van der Waals surface area contributed by atoms with E-state index in [4.69, 9.17) is 9.47 Å². The first-order valence-electron chi connectivity index (χ1n) is 8.71. The minimum Gasteiger partial charge on any atom is -0.484 e. The summed E-state index contributed by atoms with van der Waals surface area (Å²) in [5.41, 5.74) is 0. The van der Waals surface area contributed by atoms with Crippen LogP contribution in [0, 0.1) is 0 Å². The number of hydrogen-bond acceptors (Lipinski definition) is 4. The number of nitrogens with one attached hydrogen (secondary N) is 1. The van der Waals surface area contributed by atoms with E-state index in [2.05, 4.69) is 5.32 Å². The van der Waals surface area contributed by atoms with Crippen molar-refractivity contribution in [2.24, 2.45) is 0 Å². The van der Waals surface area contributed by atoms with E-state index >= 15 is 0 Å². The molecule has 2 aromatic rings. The lowest BCUT2D eigenvalue weighted by Crippen LogP contribution is -2.40. The van der Waals surface area contributed by atoms with E-state index in [1.54, 1.807) is 29.2 Å². The van der Waals surface area contributed by atoms with Gasteiger partial charge in [0.1, 0.15) is 17.2 Å². The molecule has 0 bridgehead atoms. The van der Waals surface area contributed by atoms with Gasteiger partial charge in [0.15, 0.2) is 6.61 Å². The van der Waals surface area contributed by atoms with E-state index in [0.29, 0.717) is 11.5 Å². The van der Waals surface area contributed by atoms with E-state index < -0.39 is 0 Å². The first-order chi connectivity index (χ1) is 12.7. The van der Waals surface area contributed by atoms with Gasteiger partial charge in [0.25, 0.3) is 5.91 Å². The third-order valence-electron chi connectivity index (χ3n) is 4.07. The van der Waals surface area contributed by atoms with Crippen molar-refractivity contribution >= 4 is 11.8 Å². The molecule has 0 atom stereocenters. The lowest BCUT2D eigenvalue weighted by Gasteiger charge is -2.15. The fourth-order valence-electron chi connectivity index (χ4n) is 2.68. The average Bonchev–Trinajstić information content (AvgIpc) is 3.21. The molecular formula is C20H22N2O4. The maximum absolute atomic E-state index is 11.9. The highest BCUT2D eigenvalue weighted by Crippen LogP contribution is 2.23. The van der Waals surface area contributed by atoms with E-state index in [0.717, 1.165) is 31.7 Å². The van der Waals surface area contributed by atoms with Crippen molar-refractivity contribution in [1.82, 2.24) is 10.2 Å². The van der Waals surface area contributed by atoms with Gasteiger partial charge in [-0.25, -0.2) is 0 Å². The largest absolute Gasteiger partial charge is 0.484 e. The lowest BCUT2D eigenvalue weighted by molar-refractivity contribution is -0.132. The third-order valence-corrected chi connectivity index (χ3v) is 4.07. The van der Waals surface area contributed by atoms with Crippen LogP contribution in [0.1, 0.15) is 12.8 Å². The summed E-state index contributed by atoms with van der Waals surface area (Å²) in [6.07, 6.45) is 2.07. The maximum Gasteiger partial charge on any atom is 0.258 e. The summed E-state index contributed by atoms with van der Waals surface area (Å²) in [6.45, 7) is 1.45. The summed E-state index contributed by atoms with van der Waals surface area (Å²) in [7, 11) is 0. The highest BCUT2D eigenvalue weighted by Gasteiger charge is 2.18. The highest BCUT2D eigenvalue weighted by atomic mass is 16.5. The van der Waals surface area contributed by atoms with Gasteiger partial charge in [0.05, 0.1) is 6.54 Å². The molecule has 1 aliphatic heterocycles. The van der Waals surface area contributed by atoms with Crippen molar-refractivity contribution in [3.05, 3.63) is 54.6 Å². The predicted octanol–water partition coefficient (Wildman–Crippen LogP) is 2.60.